The molecule has 3 rings (SSSR count). The van der Waals surface area contributed by atoms with Crippen molar-refractivity contribution in [1.82, 2.24) is 4.57 Å². The molecule has 29 heavy (non-hydrogen) atoms. The lowest BCUT2D eigenvalue weighted by Crippen LogP contribution is -2.24. The van der Waals surface area contributed by atoms with Gasteiger partial charge in [0.05, 0.1) is 6.26 Å². The minimum absolute atomic E-state index is 0.0150. The number of carbonyl (C=O) groups excluding carboxylic acids is 2. The minimum Gasteiger partial charge on any atom is -0.457 e. The van der Waals surface area contributed by atoms with Crippen LogP contribution in [0.25, 0.3) is 5.69 Å². The molecule has 0 aliphatic rings. The van der Waals surface area contributed by atoms with Gasteiger partial charge in [0, 0.05) is 22.6 Å². The number of esters is 1. The number of Topliss-reactive ketones (excluding diaryl/α,β-unsaturated/α-hetero) is 1. The first-order chi connectivity index (χ1) is 13.8. The van der Waals surface area contributed by atoms with Crippen LogP contribution in [0.3, 0.4) is 0 Å². The zero-order valence-corrected chi connectivity index (χ0v) is 16.0. The monoisotopic (exact) mass is 403 g/mol. The Morgan fingerprint density at radius 2 is 1.79 bits per heavy atom. The summed E-state index contributed by atoms with van der Waals surface area (Å²) in [6.45, 7) is 2.16. The summed E-state index contributed by atoms with van der Waals surface area (Å²) in [5.41, 5.74) is 2.48. The number of ketones is 1. The molecule has 1 unspecified atom stereocenters. The summed E-state index contributed by atoms with van der Waals surface area (Å²) in [5.74, 6) is -1.02. The maximum absolute atomic E-state index is 12.8. The van der Waals surface area contributed by atoms with Crippen molar-refractivity contribution < 1.29 is 32.3 Å². The van der Waals surface area contributed by atoms with Gasteiger partial charge in [-0.25, -0.2) is 4.79 Å². The Kier molecular flexibility index (Phi) is 5.81. The van der Waals surface area contributed by atoms with E-state index in [1.165, 1.54) is 31.4 Å². The quantitative estimate of drug-likeness (QED) is 0.422. The summed E-state index contributed by atoms with van der Waals surface area (Å²) in [7, 11) is 0. The smallest absolute Gasteiger partial charge is 0.387 e. The lowest BCUT2D eigenvalue weighted by Gasteiger charge is -2.13. The van der Waals surface area contributed by atoms with E-state index in [9.17, 15) is 18.4 Å². The third-order valence-electron chi connectivity index (χ3n) is 4.39. The number of alkyl halides is 2. The molecule has 1 aromatic carbocycles. The molecule has 0 aliphatic carbocycles. The second-order valence-electron chi connectivity index (χ2n) is 6.38. The maximum Gasteiger partial charge on any atom is 0.387 e. The van der Waals surface area contributed by atoms with Crippen molar-refractivity contribution in [2.75, 3.05) is 0 Å². The molecule has 1 atom stereocenters. The third kappa shape index (κ3) is 4.37. The first kappa shape index (κ1) is 20.3. The molecular formula is C21H19F2NO5. The number of hydrogen-bond acceptors (Lipinski definition) is 5. The van der Waals surface area contributed by atoms with Crippen LogP contribution in [-0.4, -0.2) is 29.0 Å². The summed E-state index contributed by atoms with van der Waals surface area (Å²) in [5, 5.41) is 0. The molecule has 0 bridgehead atoms. The van der Waals surface area contributed by atoms with Crippen molar-refractivity contribution >= 4 is 11.8 Å². The zero-order valence-electron chi connectivity index (χ0n) is 16.0. The van der Waals surface area contributed by atoms with Gasteiger partial charge in [-0.3, -0.25) is 4.79 Å². The van der Waals surface area contributed by atoms with Crippen molar-refractivity contribution in [2.24, 2.45) is 0 Å². The van der Waals surface area contributed by atoms with E-state index in [1.807, 2.05) is 6.92 Å². The Morgan fingerprint density at radius 1 is 1.10 bits per heavy atom. The second-order valence-corrected chi connectivity index (χ2v) is 6.38. The van der Waals surface area contributed by atoms with Crippen LogP contribution in [0.2, 0.25) is 0 Å². The first-order valence-electron chi connectivity index (χ1n) is 8.81. The summed E-state index contributed by atoms with van der Waals surface area (Å²) in [4.78, 5) is 24.8. The summed E-state index contributed by atoms with van der Waals surface area (Å²) in [6.07, 6.45) is 0.331. The van der Waals surface area contributed by atoms with Gasteiger partial charge < -0.3 is 18.5 Å². The topological polar surface area (TPSA) is 70.7 Å². The molecule has 0 spiro atoms. The Bertz CT molecular complexity index is 1010. The van der Waals surface area contributed by atoms with Gasteiger partial charge in [-0.15, -0.1) is 0 Å². The average Bonchev–Trinajstić information content (AvgIpc) is 3.30. The molecule has 0 saturated carbocycles. The van der Waals surface area contributed by atoms with Crippen molar-refractivity contribution in [1.29, 1.82) is 0 Å². The normalized spacial score (nSPS) is 12.1. The van der Waals surface area contributed by atoms with Crippen molar-refractivity contribution in [3.63, 3.8) is 0 Å². The number of furan rings is 1. The van der Waals surface area contributed by atoms with Gasteiger partial charge in [0.25, 0.3) is 0 Å². The van der Waals surface area contributed by atoms with Gasteiger partial charge in [0.1, 0.15) is 5.75 Å². The summed E-state index contributed by atoms with van der Waals surface area (Å²) < 4.78 is 41.0. The largest absolute Gasteiger partial charge is 0.457 e. The van der Waals surface area contributed by atoms with Crippen molar-refractivity contribution in [3.8, 4) is 11.4 Å². The van der Waals surface area contributed by atoms with Gasteiger partial charge in [-0.1, -0.05) is 0 Å². The molecular weight excluding hydrogens is 384 g/mol. The predicted octanol–water partition coefficient (Wildman–Crippen LogP) is 4.72. The Labute approximate surface area is 165 Å². The highest BCUT2D eigenvalue weighted by Crippen LogP contribution is 2.25. The predicted molar refractivity (Wildman–Crippen MR) is 99.8 cm³/mol. The molecule has 3 aromatic rings. The molecule has 0 fully saturated rings. The van der Waals surface area contributed by atoms with E-state index in [0.29, 0.717) is 16.9 Å². The Hall–Kier alpha value is -3.42. The number of ether oxygens (including phenoxy) is 2. The molecule has 0 saturated heterocycles. The average molecular weight is 403 g/mol. The van der Waals surface area contributed by atoms with E-state index >= 15 is 0 Å². The number of carbonyl (C=O) groups is 2. The number of halogens is 2. The van der Waals surface area contributed by atoms with Crippen LogP contribution in [-0.2, 0) is 4.74 Å². The second kappa shape index (κ2) is 8.30. The molecule has 0 N–H and O–H groups in total. The van der Waals surface area contributed by atoms with Gasteiger partial charge in [0.15, 0.2) is 6.10 Å². The van der Waals surface area contributed by atoms with E-state index in [2.05, 4.69) is 4.74 Å². The number of benzene rings is 1. The summed E-state index contributed by atoms with van der Waals surface area (Å²) in [6, 6.07) is 10.8. The van der Waals surface area contributed by atoms with Crippen molar-refractivity contribution in [2.45, 2.75) is 33.5 Å². The standard InChI is InChI=1S/C21H19F2NO5/c1-12-11-17(19(25)14(3)28-20(26)18-5-4-10-27-18)13(2)24(12)15-6-8-16(9-7-15)29-21(22)23/h4-11,14,21H,1-3H3. The SMILES string of the molecule is Cc1cc(C(=O)C(C)OC(=O)c2ccco2)c(C)n1-c1ccc(OC(F)F)cc1. The lowest BCUT2D eigenvalue weighted by molar-refractivity contribution is -0.0498. The van der Waals surface area contributed by atoms with Gasteiger partial charge in [-0.2, -0.15) is 8.78 Å². The van der Waals surface area contributed by atoms with E-state index in [4.69, 9.17) is 9.15 Å². The van der Waals surface area contributed by atoms with Crippen LogP contribution in [0.5, 0.6) is 5.75 Å². The lowest BCUT2D eigenvalue weighted by atomic mass is 10.1. The number of hydrogen-bond donors (Lipinski definition) is 0. The first-order valence-corrected chi connectivity index (χ1v) is 8.81. The van der Waals surface area contributed by atoms with E-state index in [1.54, 1.807) is 35.8 Å². The Balaban J connectivity index is 1.81. The highest BCUT2D eigenvalue weighted by atomic mass is 19.3. The highest BCUT2D eigenvalue weighted by molar-refractivity contribution is 6.02. The molecule has 0 aliphatic heterocycles. The van der Waals surface area contributed by atoms with Crippen LogP contribution in [0.15, 0.2) is 53.1 Å². The Morgan fingerprint density at radius 3 is 2.38 bits per heavy atom. The minimum atomic E-state index is -2.90. The van der Waals surface area contributed by atoms with Crippen LogP contribution in [0, 0.1) is 13.8 Å². The number of nitrogens with zero attached hydrogens (tertiary/aromatic N) is 1. The van der Waals surface area contributed by atoms with Crippen LogP contribution in [0.4, 0.5) is 8.78 Å². The molecule has 2 heterocycles. The van der Waals surface area contributed by atoms with Crippen LogP contribution >= 0.6 is 0 Å². The molecule has 2 aromatic heterocycles. The van der Waals surface area contributed by atoms with Gasteiger partial charge in [-0.05, 0) is 63.2 Å². The van der Waals surface area contributed by atoms with Crippen LogP contribution < -0.4 is 4.74 Å². The fourth-order valence-electron chi connectivity index (χ4n) is 3.07. The van der Waals surface area contributed by atoms with E-state index in [0.717, 1.165) is 5.69 Å². The van der Waals surface area contributed by atoms with E-state index < -0.39 is 18.7 Å². The molecule has 8 heteroatoms. The molecule has 0 radical (unpaired) electrons. The third-order valence-corrected chi connectivity index (χ3v) is 4.39. The molecule has 152 valence electrons. The maximum atomic E-state index is 12.8. The fraction of sp³-hybridized carbons (Fsp3) is 0.238. The van der Waals surface area contributed by atoms with Crippen molar-refractivity contribution in [3.05, 3.63) is 71.4 Å². The number of aryl methyl sites for hydroxylation is 1. The van der Waals surface area contributed by atoms with E-state index in [-0.39, 0.29) is 17.3 Å². The van der Waals surface area contributed by atoms with Gasteiger partial charge in [0.2, 0.25) is 11.5 Å². The number of rotatable bonds is 7. The number of aromatic nitrogens is 1. The molecule has 0 amide bonds. The summed E-state index contributed by atoms with van der Waals surface area (Å²) >= 11 is 0. The molecule has 6 nitrogen and oxygen atoms in total. The van der Waals surface area contributed by atoms with Crippen LogP contribution in [0.1, 0.15) is 39.2 Å². The zero-order chi connectivity index (χ0) is 21.1. The highest BCUT2D eigenvalue weighted by Gasteiger charge is 2.25. The van der Waals surface area contributed by atoms with Gasteiger partial charge >= 0.3 is 12.6 Å². The fourth-order valence-corrected chi connectivity index (χ4v) is 3.07.